The smallest absolute Gasteiger partial charge is 0.277 e. The van der Waals surface area contributed by atoms with Gasteiger partial charge in [0, 0.05) is 56.6 Å². The number of nitro benzene ring substituents is 2. The molecule has 3 rings (SSSR count). The maximum atomic E-state index is 12.8. The second-order valence-corrected chi connectivity index (χ2v) is 6.76. The van der Waals surface area contributed by atoms with Crippen molar-refractivity contribution in [3.05, 3.63) is 55.8 Å². The summed E-state index contributed by atoms with van der Waals surface area (Å²) in [6.45, 7) is 6.19. The molecular formula is C18H21N7O5. The molecule has 2 aromatic rings. The molecule has 12 nitrogen and oxygen atoms in total. The summed E-state index contributed by atoms with van der Waals surface area (Å²) >= 11 is 0. The number of anilines is 2. The summed E-state index contributed by atoms with van der Waals surface area (Å²) in [6, 6.07) is 4.82. The predicted molar refractivity (Wildman–Crippen MR) is 109 cm³/mol. The zero-order chi connectivity index (χ0) is 21.8. The minimum Gasteiger partial charge on any atom is -0.370 e. The van der Waals surface area contributed by atoms with Crippen molar-refractivity contribution < 1.29 is 14.6 Å². The van der Waals surface area contributed by atoms with Crippen LogP contribution in [0.25, 0.3) is 0 Å². The number of non-ortho nitro benzene ring substituents is 2. The molecule has 1 aromatic heterocycles. The highest BCUT2D eigenvalue weighted by molar-refractivity contribution is 5.95. The number of piperazine rings is 1. The number of rotatable bonds is 6. The Morgan fingerprint density at radius 3 is 2.17 bits per heavy atom. The molecule has 12 heteroatoms. The molecule has 1 aliphatic rings. The van der Waals surface area contributed by atoms with Gasteiger partial charge in [-0.15, -0.1) is 0 Å². The van der Waals surface area contributed by atoms with Crippen LogP contribution in [0.15, 0.2) is 24.3 Å². The summed E-state index contributed by atoms with van der Waals surface area (Å²) in [6.07, 6.45) is 0. The van der Waals surface area contributed by atoms with Crippen molar-refractivity contribution in [3.63, 3.8) is 0 Å². The van der Waals surface area contributed by atoms with Gasteiger partial charge in [-0.05, 0) is 13.8 Å². The number of amides is 1. The fourth-order valence-electron chi connectivity index (χ4n) is 3.19. The normalized spacial score (nSPS) is 13.8. The van der Waals surface area contributed by atoms with E-state index in [9.17, 15) is 25.0 Å². The van der Waals surface area contributed by atoms with E-state index < -0.39 is 27.1 Å². The molecule has 0 radical (unpaired) electrons. The Labute approximate surface area is 171 Å². The van der Waals surface area contributed by atoms with Crippen molar-refractivity contribution in [3.8, 4) is 0 Å². The fraction of sp³-hybridized carbons (Fsp3) is 0.389. The molecule has 0 spiro atoms. The SMILES string of the molecule is CCNc1cc(C)nc(N2CCN(C(=O)c3cc([N+](=O)[O-])cc([N+](=O)[O-])c3)CC2)n1. The number of carbonyl (C=O) groups excluding carboxylic acids is 1. The second kappa shape index (κ2) is 8.68. The van der Waals surface area contributed by atoms with E-state index >= 15 is 0 Å². The van der Waals surface area contributed by atoms with Crippen LogP contribution < -0.4 is 10.2 Å². The Morgan fingerprint density at radius 1 is 1.03 bits per heavy atom. The van der Waals surface area contributed by atoms with Gasteiger partial charge in [0.1, 0.15) is 5.82 Å². The molecule has 158 valence electrons. The average molecular weight is 415 g/mol. The minimum atomic E-state index is -0.751. The molecule has 0 bridgehead atoms. The quantitative estimate of drug-likeness (QED) is 0.552. The summed E-state index contributed by atoms with van der Waals surface area (Å²) < 4.78 is 0. The zero-order valence-electron chi connectivity index (χ0n) is 16.6. The number of benzene rings is 1. The Hall–Kier alpha value is -3.83. The van der Waals surface area contributed by atoms with Gasteiger partial charge >= 0.3 is 0 Å². The first-order valence-corrected chi connectivity index (χ1v) is 9.36. The summed E-state index contributed by atoms with van der Waals surface area (Å²) in [4.78, 5) is 45.8. The molecule has 0 atom stereocenters. The highest BCUT2D eigenvalue weighted by atomic mass is 16.6. The number of nitrogens with zero attached hydrogens (tertiary/aromatic N) is 6. The zero-order valence-corrected chi connectivity index (χ0v) is 16.6. The van der Waals surface area contributed by atoms with E-state index in [-0.39, 0.29) is 5.56 Å². The van der Waals surface area contributed by atoms with Crippen molar-refractivity contribution in [2.24, 2.45) is 0 Å². The summed E-state index contributed by atoms with van der Waals surface area (Å²) in [7, 11) is 0. The van der Waals surface area contributed by atoms with Gasteiger partial charge in [0.05, 0.1) is 21.5 Å². The van der Waals surface area contributed by atoms with Gasteiger partial charge in [-0.2, -0.15) is 4.98 Å². The van der Waals surface area contributed by atoms with E-state index in [1.54, 1.807) is 0 Å². The number of aryl methyl sites for hydroxylation is 1. The lowest BCUT2D eigenvalue weighted by atomic mass is 10.1. The molecule has 1 fully saturated rings. The molecule has 1 aromatic carbocycles. The van der Waals surface area contributed by atoms with Gasteiger partial charge in [-0.25, -0.2) is 4.98 Å². The van der Waals surface area contributed by atoms with E-state index in [1.165, 1.54) is 4.90 Å². The Bertz CT molecular complexity index is 957. The third-order valence-electron chi connectivity index (χ3n) is 4.62. The maximum absolute atomic E-state index is 12.8. The lowest BCUT2D eigenvalue weighted by molar-refractivity contribution is -0.394. The third kappa shape index (κ3) is 4.59. The second-order valence-electron chi connectivity index (χ2n) is 6.76. The number of nitro groups is 2. The maximum Gasteiger partial charge on any atom is 0.277 e. The highest BCUT2D eigenvalue weighted by Gasteiger charge is 2.27. The predicted octanol–water partition coefficient (Wildman–Crippen LogP) is 2.00. The van der Waals surface area contributed by atoms with Gasteiger partial charge in [0.2, 0.25) is 5.95 Å². The van der Waals surface area contributed by atoms with Crippen LogP contribution in [0, 0.1) is 27.2 Å². The molecule has 1 amide bonds. The molecule has 1 aliphatic heterocycles. The summed E-state index contributed by atoms with van der Waals surface area (Å²) in [5.41, 5.74) is -0.241. The van der Waals surface area contributed by atoms with Crippen molar-refractivity contribution in [2.45, 2.75) is 13.8 Å². The molecule has 1 saturated heterocycles. The lowest BCUT2D eigenvalue weighted by Crippen LogP contribution is -2.49. The number of nitrogens with one attached hydrogen (secondary N) is 1. The third-order valence-corrected chi connectivity index (χ3v) is 4.62. The molecular weight excluding hydrogens is 394 g/mol. The fourth-order valence-corrected chi connectivity index (χ4v) is 3.19. The van der Waals surface area contributed by atoms with Crippen molar-refractivity contribution >= 4 is 29.0 Å². The summed E-state index contributed by atoms with van der Waals surface area (Å²) in [5.74, 6) is 0.798. The van der Waals surface area contributed by atoms with Gasteiger partial charge in [0.15, 0.2) is 0 Å². The van der Waals surface area contributed by atoms with Crippen LogP contribution >= 0.6 is 0 Å². The first kappa shape index (κ1) is 20.9. The highest BCUT2D eigenvalue weighted by Crippen LogP contribution is 2.24. The van der Waals surface area contributed by atoms with Gasteiger partial charge in [0.25, 0.3) is 17.3 Å². The van der Waals surface area contributed by atoms with Crippen LogP contribution in [-0.2, 0) is 0 Å². The number of hydrogen-bond acceptors (Lipinski definition) is 9. The first-order chi connectivity index (χ1) is 14.3. The molecule has 1 N–H and O–H groups in total. The van der Waals surface area contributed by atoms with Crippen molar-refractivity contribution in [1.82, 2.24) is 14.9 Å². The first-order valence-electron chi connectivity index (χ1n) is 9.36. The van der Waals surface area contributed by atoms with Crippen molar-refractivity contribution in [1.29, 1.82) is 0 Å². The minimum absolute atomic E-state index is 0.0782. The van der Waals surface area contributed by atoms with Gasteiger partial charge in [-0.3, -0.25) is 25.0 Å². The topological polar surface area (TPSA) is 148 Å². The number of carbonyl (C=O) groups is 1. The number of hydrogen-bond donors (Lipinski definition) is 1. The number of aromatic nitrogens is 2. The Balaban J connectivity index is 1.74. The van der Waals surface area contributed by atoms with E-state index in [4.69, 9.17) is 0 Å². The van der Waals surface area contributed by atoms with E-state index in [0.717, 1.165) is 36.3 Å². The Morgan fingerprint density at radius 2 is 1.63 bits per heavy atom. The Kier molecular flexibility index (Phi) is 6.04. The lowest BCUT2D eigenvalue weighted by Gasteiger charge is -2.35. The molecule has 30 heavy (non-hydrogen) atoms. The van der Waals surface area contributed by atoms with E-state index in [0.29, 0.717) is 32.1 Å². The average Bonchev–Trinajstić information content (AvgIpc) is 2.72. The van der Waals surface area contributed by atoms with Crippen LogP contribution in [0.4, 0.5) is 23.1 Å². The molecule has 0 aliphatic carbocycles. The molecule has 2 heterocycles. The summed E-state index contributed by atoms with van der Waals surface area (Å²) in [5, 5.41) is 25.3. The van der Waals surface area contributed by atoms with Crippen LogP contribution in [0.1, 0.15) is 23.0 Å². The largest absolute Gasteiger partial charge is 0.370 e. The van der Waals surface area contributed by atoms with Crippen molar-refractivity contribution in [2.75, 3.05) is 42.9 Å². The van der Waals surface area contributed by atoms with Crippen LogP contribution in [0.3, 0.4) is 0 Å². The van der Waals surface area contributed by atoms with E-state index in [1.807, 2.05) is 24.8 Å². The standard InChI is InChI=1S/C18H21N7O5/c1-3-19-16-8-12(2)20-18(21-16)23-6-4-22(5-7-23)17(26)13-9-14(24(27)28)11-15(10-13)25(29)30/h8-11H,3-7H2,1-2H3,(H,19,20,21). The van der Waals surface area contributed by atoms with Crippen LogP contribution in [0.2, 0.25) is 0 Å². The van der Waals surface area contributed by atoms with Crippen LogP contribution in [0.5, 0.6) is 0 Å². The molecule has 0 unspecified atom stereocenters. The van der Waals surface area contributed by atoms with Crippen LogP contribution in [-0.4, -0.2) is 63.3 Å². The van der Waals surface area contributed by atoms with Gasteiger partial charge in [-0.1, -0.05) is 0 Å². The van der Waals surface area contributed by atoms with Gasteiger partial charge < -0.3 is 15.1 Å². The monoisotopic (exact) mass is 415 g/mol. The molecule has 0 saturated carbocycles. The van der Waals surface area contributed by atoms with E-state index in [2.05, 4.69) is 15.3 Å².